The van der Waals surface area contributed by atoms with Crippen LogP contribution in [0, 0.1) is 0 Å². The van der Waals surface area contributed by atoms with Gasteiger partial charge in [0, 0.05) is 52.4 Å². The van der Waals surface area contributed by atoms with Crippen LogP contribution in [0.4, 0.5) is 0 Å². The van der Waals surface area contributed by atoms with Crippen molar-refractivity contribution in [1.82, 2.24) is 20.4 Å². The zero-order valence-corrected chi connectivity index (χ0v) is 12.3. The molecule has 0 aromatic carbocycles. The second kappa shape index (κ2) is 6.81. The Morgan fingerprint density at radius 3 is 1.55 bits per heavy atom. The Morgan fingerprint density at radius 1 is 0.650 bits per heavy atom. The minimum absolute atomic E-state index is 1.01. The Balaban J connectivity index is 0.000000121. The van der Waals surface area contributed by atoms with Crippen LogP contribution in [0.2, 0.25) is 0 Å². The molecule has 112 valence electrons. The highest BCUT2D eigenvalue weighted by molar-refractivity contribution is 5.81. The number of nitrogens with zero attached hydrogens (tertiary/aromatic N) is 4. The van der Waals surface area contributed by atoms with Crippen LogP contribution in [-0.2, 0) is 0 Å². The Bertz CT molecular complexity index is 342. The number of hydrogen-bond acceptors (Lipinski definition) is 6. The summed E-state index contributed by atoms with van der Waals surface area (Å²) in [4.78, 5) is 13.4. The Hall–Kier alpha value is -1.46. The van der Waals surface area contributed by atoms with E-state index in [-0.39, 0.29) is 0 Å². The molecule has 0 radical (unpaired) electrons. The SMILES string of the molecule is C1CN=C2NCCCN2C1.C1CN=C2NCCCN2C1. The average molecular weight is 278 g/mol. The van der Waals surface area contributed by atoms with Gasteiger partial charge in [-0.25, -0.2) is 0 Å². The van der Waals surface area contributed by atoms with E-state index in [0.29, 0.717) is 0 Å². The zero-order chi connectivity index (χ0) is 13.6. The molecule has 2 fully saturated rings. The van der Waals surface area contributed by atoms with E-state index >= 15 is 0 Å². The predicted octanol–water partition coefficient (Wildman–Crippen LogP) is 0.0828. The van der Waals surface area contributed by atoms with Crippen molar-refractivity contribution < 1.29 is 0 Å². The van der Waals surface area contributed by atoms with Gasteiger partial charge < -0.3 is 20.4 Å². The fourth-order valence-corrected chi connectivity index (χ4v) is 3.02. The van der Waals surface area contributed by atoms with Gasteiger partial charge in [0.2, 0.25) is 0 Å². The van der Waals surface area contributed by atoms with Crippen LogP contribution in [0.15, 0.2) is 9.98 Å². The van der Waals surface area contributed by atoms with Gasteiger partial charge in [-0.15, -0.1) is 0 Å². The largest absolute Gasteiger partial charge is 0.356 e. The van der Waals surface area contributed by atoms with Gasteiger partial charge in [0.15, 0.2) is 11.9 Å². The molecule has 4 heterocycles. The quantitative estimate of drug-likeness (QED) is 0.659. The van der Waals surface area contributed by atoms with Crippen molar-refractivity contribution in [2.45, 2.75) is 25.7 Å². The Labute approximate surface area is 121 Å². The standard InChI is InChI=1S/2C7H13N3/c2*1-3-8-7-9-4-2-6-10(7)5-1/h2*1-6H2,(H,8,9). The maximum absolute atomic E-state index is 4.38. The summed E-state index contributed by atoms with van der Waals surface area (Å²) < 4.78 is 0. The van der Waals surface area contributed by atoms with Gasteiger partial charge >= 0.3 is 0 Å². The first-order chi connectivity index (χ1) is 9.93. The van der Waals surface area contributed by atoms with Crippen LogP contribution in [-0.4, -0.2) is 74.1 Å². The average Bonchev–Trinajstić information content (AvgIpc) is 2.56. The van der Waals surface area contributed by atoms with Gasteiger partial charge in [0.05, 0.1) is 0 Å². The predicted molar refractivity (Wildman–Crippen MR) is 82.2 cm³/mol. The van der Waals surface area contributed by atoms with E-state index in [4.69, 9.17) is 0 Å². The molecule has 4 aliphatic rings. The lowest BCUT2D eigenvalue weighted by molar-refractivity contribution is 0.346. The molecule has 6 nitrogen and oxygen atoms in total. The zero-order valence-electron chi connectivity index (χ0n) is 12.3. The molecule has 4 rings (SSSR count). The molecule has 6 heteroatoms. The first-order valence-corrected chi connectivity index (χ1v) is 8.00. The second-order valence-electron chi connectivity index (χ2n) is 5.65. The van der Waals surface area contributed by atoms with Crippen LogP contribution in [0.5, 0.6) is 0 Å². The Kier molecular flexibility index (Phi) is 4.61. The third kappa shape index (κ3) is 3.35. The van der Waals surface area contributed by atoms with E-state index in [9.17, 15) is 0 Å². The second-order valence-corrected chi connectivity index (χ2v) is 5.65. The summed E-state index contributed by atoms with van der Waals surface area (Å²) in [6.45, 7) is 9.04. The number of fused-ring (bicyclic) bond motifs is 2. The van der Waals surface area contributed by atoms with E-state index in [1.807, 2.05) is 0 Å². The highest BCUT2D eigenvalue weighted by atomic mass is 15.3. The fraction of sp³-hybridized carbons (Fsp3) is 0.857. The van der Waals surface area contributed by atoms with E-state index in [2.05, 4.69) is 30.4 Å². The molecule has 2 N–H and O–H groups in total. The summed E-state index contributed by atoms with van der Waals surface area (Å²) >= 11 is 0. The first-order valence-electron chi connectivity index (χ1n) is 8.00. The van der Waals surface area contributed by atoms with Crippen LogP contribution in [0.1, 0.15) is 25.7 Å². The highest BCUT2D eigenvalue weighted by Crippen LogP contribution is 2.06. The van der Waals surface area contributed by atoms with E-state index < -0.39 is 0 Å². The molecule has 0 atom stereocenters. The van der Waals surface area contributed by atoms with Crippen molar-refractivity contribution in [1.29, 1.82) is 0 Å². The van der Waals surface area contributed by atoms with Crippen molar-refractivity contribution in [3.63, 3.8) is 0 Å². The molecule has 0 amide bonds. The van der Waals surface area contributed by atoms with Crippen molar-refractivity contribution in [2.75, 3.05) is 52.4 Å². The highest BCUT2D eigenvalue weighted by Gasteiger charge is 2.18. The molecule has 0 unspecified atom stereocenters. The maximum Gasteiger partial charge on any atom is 0.193 e. The molecule has 0 saturated carbocycles. The number of nitrogens with one attached hydrogen (secondary N) is 2. The summed E-state index contributed by atoms with van der Waals surface area (Å²) in [5, 5.41) is 6.59. The molecular weight excluding hydrogens is 252 g/mol. The van der Waals surface area contributed by atoms with Crippen LogP contribution >= 0.6 is 0 Å². The van der Waals surface area contributed by atoms with E-state index in [1.165, 1.54) is 51.9 Å². The van der Waals surface area contributed by atoms with E-state index in [1.54, 1.807) is 0 Å². The van der Waals surface area contributed by atoms with Crippen LogP contribution < -0.4 is 10.6 Å². The number of guanidine groups is 2. The van der Waals surface area contributed by atoms with Crippen LogP contribution in [0.25, 0.3) is 0 Å². The third-order valence-electron chi connectivity index (χ3n) is 4.07. The molecular formula is C14H26N6. The molecule has 0 bridgehead atoms. The third-order valence-corrected chi connectivity index (χ3v) is 4.07. The minimum atomic E-state index is 1.01. The van der Waals surface area contributed by atoms with Gasteiger partial charge in [-0.2, -0.15) is 0 Å². The maximum atomic E-state index is 4.38. The molecule has 0 aromatic heterocycles. The van der Waals surface area contributed by atoms with E-state index in [0.717, 1.165) is 38.1 Å². The molecule has 0 aliphatic carbocycles. The molecule has 2 saturated heterocycles. The summed E-state index contributed by atoms with van der Waals surface area (Å²) in [5.41, 5.74) is 0. The molecule has 0 spiro atoms. The van der Waals surface area contributed by atoms with Gasteiger partial charge in [0.1, 0.15) is 0 Å². The van der Waals surface area contributed by atoms with Gasteiger partial charge in [-0.05, 0) is 25.7 Å². The number of rotatable bonds is 0. The fourth-order valence-electron chi connectivity index (χ4n) is 3.02. The lowest BCUT2D eigenvalue weighted by Crippen LogP contribution is -2.49. The lowest BCUT2D eigenvalue weighted by atomic mass is 10.2. The van der Waals surface area contributed by atoms with Gasteiger partial charge in [-0.3, -0.25) is 9.98 Å². The molecule has 0 aromatic rings. The van der Waals surface area contributed by atoms with Crippen LogP contribution in [0.3, 0.4) is 0 Å². The van der Waals surface area contributed by atoms with Crippen molar-refractivity contribution in [2.24, 2.45) is 9.98 Å². The number of hydrogen-bond donors (Lipinski definition) is 2. The summed E-state index contributed by atoms with van der Waals surface area (Å²) in [7, 11) is 0. The van der Waals surface area contributed by atoms with Gasteiger partial charge in [-0.1, -0.05) is 0 Å². The smallest absolute Gasteiger partial charge is 0.193 e. The summed E-state index contributed by atoms with van der Waals surface area (Å²) in [5.74, 6) is 2.27. The number of aliphatic imine (C=N–C) groups is 2. The first kappa shape index (κ1) is 13.5. The normalized spacial score (nSPS) is 24.8. The van der Waals surface area contributed by atoms with Crippen molar-refractivity contribution in [3.8, 4) is 0 Å². The van der Waals surface area contributed by atoms with Crippen molar-refractivity contribution in [3.05, 3.63) is 0 Å². The van der Waals surface area contributed by atoms with Gasteiger partial charge in [0.25, 0.3) is 0 Å². The summed E-state index contributed by atoms with van der Waals surface area (Å²) in [6.07, 6.45) is 4.98. The minimum Gasteiger partial charge on any atom is -0.356 e. The summed E-state index contributed by atoms with van der Waals surface area (Å²) in [6, 6.07) is 0. The Morgan fingerprint density at radius 2 is 1.10 bits per heavy atom. The lowest BCUT2D eigenvalue weighted by Gasteiger charge is -2.33. The monoisotopic (exact) mass is 278 g/mol. The molecule has 4 aliphatic heterocycles. The molecule has 20 heavy (non-hydrogen) atoms. The van der Waals surface area contributed by atoms with Crippen molar-refractivity contribution >= 4 is 11.9 Å². The topological polar surface area (TPSA) is 55.3 Å².